The van der Waals surface area contributed by atoms with Gasteiger partial charge in [-0.15, -0.1) is 0 Å². The standard InChI is InChI=1S/C51H36N2.C50H35N3/c1-51(39-18-7-3-8-19-39,40-20-9-4-10-21-40)41-30-31-44-48(33-41)53(47-32-29-37-17-11-12-22-42(37)50(44)47)49-34-45(43-23-13-14-24-46(43)52-49)38-27-25-36(26-28-38)35-15-5-2-6-16-35;1-50(38-18-7-3-8-19-38,39-20-9-4-10-21-39)40-30-31-43-46(33-40)53(45-32-29-36-17-11-12-22-41(36)47(43)45)49-51-44-24-14-13-23-42(44)48(52-49)37-27-25-35(26-28-37)34-15-5-2-6-16-34/h2-34H,1H3;2-33H,1H3. The normalized spacial score (nSPS) is 11.9. The van der Waals surface area contributed by atoms with Gasteiger partial charge in [-0.05, 0) is 145 Å². The summed E-state index contributed by atoms with van der Waals surface area (Å²) in [5, 5.41) is 11.9. The number of pyridine rings is 1. The molecule has 0 N–H and O–H groups in total. The first-order valence-corrected chi connectivity index (χ1v) is 36.5. The molecule has 16 aromatic carbocycles. The SMILES string of the molecule is CC(c1ccccc1)(c1ccccc1)c1ccc2c3c4ccccc4ccc3n(-c3cc(-c4ccc(-c5ccccc5)cc4)c4ccccc4n3)c2c1.CC(c1ccccc1)(c1ccccc1)c1ccc2c3c4ccccc4ccc3n(-c3nc(-c4ccc(-c5ccccc5)cc4)c4ccccc4n3)c2c1. The van der Waals surface area contributed by atoms with Gasteiger partial charge < -0.3 is 0 Å². The van der Waals surface area contributed by atoms with Gasteiger partial charge in [0.2, 0.25) is 5.95 Å². The molecule has 0 aliphatic carbocycles. The minimum atomic E-state index is -0.407. The third-order valence-corrected chi connectivity index (χ3v) is 22.2. The van der Waals surface area contributed by atoms with E-state index in [2.05, 4.69) is 417 Å². The quantitative estimate of drug-likeness (QED) is 0.115. The highest BCUT2D eigenvalue weighted by atomic mass is 15.2. The molecule has 0 amide bonds. The van der Waals surface area contributed by atoms with Gasteiger partial charge in [-0.1, -0.05) is 352 Å². The number of benzene rings is 16. The molecular formula is C101H71N5. The Balaban J connectivity index is 0.000000145. The number of nitrogens with zero attached hydrogens (tertiary/aromatic N) is 5. The van der Waals surface area contributed by atoms with Crippen molar-refractivity contribution in [1.82, 2.24) is 24.1 Å². The summed E-state index contributed by atoms with van der Waals surface area (Å²) in [6.07, 6.45) is 0. The molecule has 0 aliphatic heterocycles. The molecule has 500 valence electrons. The zero-order valence-corrected chi connectivity index (χ0v) is 58.8. The minimum absolute atomic E-state index is 0.386. The molecule has 4 heterocycles. The van der Waals surface area contributed by atoms with Gasteiger partial charge in [-0.2, -0.15) is 0 Å². The molecule has 5 nitrogen and oxygen atoms in total. The maximum atomic E-state index is 5.46. The molecule has 0 fully saturated rings. The highest BCUT2D eigenvalue weighted by Crippen LogP contribution is 2.47. The van der Waals surface area contributed by atoms with Crippen LogP contribution in [-0.4, -0.2) is 24.1 Å². The lowest BCUT2D eigenvalue weighted by Crippen LogP contribution is -2.25. The molecule has 20 rings (SSSR count). The van der Waals surface area contributed by atoms with E-state index in [0.29, 0.717) is 5.95 Å². The van der Waals surface area contributed by atoms with Crippen LogP contribution in [0.2, 0.25) is 0 Å². The van der Waals surface area contributed by atoms with Crippen LogP contribution in [0.5, 0.6) is 0 Å². The number of fused-ring (bicyclic) bond motifs is 12. The van der Waals surface area contributed by atoms with Gasteiger partial charge >= 0.3 is 0 Å². The molecule has 5 heteroatoms. The zero-order valence-electron chi connectivity index (χ0n) is 58.8. The van der Waals surface area contributed by atoms with E-state index in [0.717, 1.165) is 72.1 Å². The topological polar surface area (TPSA) is 48.5 Å². The minimum Gasteiger partial charge on any atom is -0.294 e. The highest BCUT2D eigenvalue weighted by Gasteiger charge is 2.34. The molecule has 0 atom stereocenters. The summed E-state index contributed by atoms with van der Waals surface area (Å²) in [5.41, 5.74) is 22.0. The molecule has 0 aliphatic rings. The predicted molar refractivity (Wildman–Crippen MR) is 444 cm³/mol. The van der Waals surface area contributed by atoms with E-state index in [1.807, 2.05) is 0 Å². The molecule has 20 aromatic rings. The van der Waals surface area contributed by atoms with Crippen LogP contribution in [0.4, 0.5) is 0 Å². The van der Waals surface area contributed by atoms with Gasteiger partial charge in [0, 0.05) is 48.7 Å². The van der Waals surface area contributed by atoms with Crippen LogP contribution < -0.4 is 0 Å². The number of hydrogen-bond donors (Lipinski definition) is 0. The van der Waals surface area contributed by atoms with Gasteiger partial charge in [0.1, 0.15) is 5.82 Å². The van der Waals surface area contributed by atoms with E-state index in [4.69, 9.17) is 15.0 Å². The molecule has 4 aromatic heterocycles. The lowest BCUT2D eigenvalue weighted by Gasteiger charge is -2.32. The summed E-state index contributed by atoms with van der Waals surface area (Å²) in [6.45, 7) is 4.69. The third-order valence-electron chi connectivity index (χ3n) is 22.2. The van der Waals surface area contributed by atoms with Crippen LogP contribution in [-0.2, 0) is 10.8 Å². The highest BCUT2D eigenvalue weighted by molar-refractivity contribution is 6.23. The van der Waals surface area contributed by atoms with E-state index in [1.54, 1.807) is 0 Å². The fourth-order valence-corrected chi connectivity index (χ4v) is 16.6. The van der Waals surface area contributed by atoms with Crippen molar-refractivity contribution in [1.29, 1.82) is 0 Å². The number of rotatable bonds is 12. The van der Waals surface area contributed by atoms with Crippen molar-refractivity contribution >= 4 is 87.0 Å². The molecule has 106 heavy (non-hydrogen) atoms. The first kappa shape index (κ1) is 63.3. The van der Waals surface area contributed by atoms with Gasteiger partial charge in [0.25, 0.3) is 0 Å². The Labute approximate surface area is 615 Å². The molecule has 0 saturated carbocycles. The maximum Gasteiger partial charge on any atom is 0.235 e. The van der Waals surface area contributed by atoms with Crippen molar-refractivity contribution in [3.63, 3.8) is 0 Å². The summed E-state index contributed by atoms with van der Waals surface area (Å²) < 4.78 is 4.68. The average Bonchev–Trinajstić information content (AvgIpc) is 1.56. The number of aromatic nitrogens is 5. The summed E-state index contributed by atoms with van der Waals surface area (Å²) in [6, 6.07) is 142. The van der Waals surface area contributed by atoms with Crippen LogP contribution in [0.15, 0.2) is 394 Å². The van der Waals surface area contributed by atoms with Gasteiger partial charge in [-0.25, -0.2) is 15.0 Å². The summed E-state index contributed by atoms with van der Waals surface area (Å²) >= 11 is 0. The Hall–Kier alpha value is -13.6. The van der Waals surface area contributed by atoms with E-state index in [-0.39, 0.29) is 5.41 Å². The van der Waals surface area contributed by atoms with Crippen molar-refractivity contribution < 1.29 is 0 Å². The molecular weight excluding hydrogens is 1280 g/mol. The monoisotopic (exact) mass is 1350 g/mol. The van der Waals surface area contributed by atoms with Gasteiger partial charge in [-0.3, -0.25) is 9.13 Å². The Morgan fingerprint density at radius 2 is 0.585 bits per heavy atom. The fraction of sp³-hybridized carbons (Fsp3) is 0.0396. The van der Waals surface area contributed by atoms with Crippen molar-refractivity contribution in [2.24, 2.45) is 0 Å². The Morgan fingerprint density at radius 3 is 1.06 bits per heavy atom. The Bertz CT molecular complexity index is 6180. The second-order valence-corrected chi connectivity index (χ2v) is 28.0. The lowest BCUT2D eigenvalue weighted by molar-refractivity contribution is 0.693. The van der Waals surface area contributed by atoms with E-state index in [9.17, 15) is 0 Å². The summed E-state index contributed by atoms with van der Waals surface area (Å²) in [5.74, 6) is 1.55. The Morgan fingerprint density at radius 1 is 0.226 bits per heavy atom. The second-order valence-electron chi connectivity index (χ2n) is 28.0. The van der Waals surface area contributed by atoms with Gasteiger partial charge in [0.15, 0.2) is 0 Å². The van der Waals surface area contributed by atoms with Crippen molar-refractivity contribution in [2.75, 3.05) is 0 Å². The zero-order chi connectivity index (χ0) is 70.7. The van der Waals surface area contributed by atoms with E-state index < -0.39 is 5.41 Å². The molecule has 0 radical (unpaired) electrons. The molecule has 0 spiro atoms. The number of para-hydroxylation sites is 2. The molecule has 0 saturated heterocycles. The van der Waals surface area contributed by atoms with Crippen LogP contribution in [0.3, 0.4) is 0 Å². The van der Waals surface area contributed by atoms with Crippen LogP contribution in [0.1, 0.15) is 47.2 Å². The smallest absolute Gasteiger partial charge is 0.235 e. The van der Waals surface area contributed by atoms with Gasteiger partial charge in [0.05, 0.1) is 38.8 Å². The van der Waals surface area contributed by atoms with E-state index >= 15 is 0 Å². The number of hydrogen-bond acceptors (Lipinski definition) is 3. The van der Waals surface area contributed by atoms with Crippen LogP contribution in [0, 0.1) is 0 Å². The van der Waals surface area contributed by atoms with Crippen molar-refractivity contribution in [3.8, 4) is 56.4 Å². The van der Waals surface area contributed by atoms with E-state index in [1.165, 1.54) is 98.7 Å². The van der Waals surface area contributed by atoms with Crippen molar-refractivity contribution in [3.05, 3.63) is 428 Å². The largest absolute Gasteiger partial charge is 0.294 e. The first-order chi connectivity index (χ1) is 52.3. The fourth-order valence-electron chi connectivity index (χ4n) is 16.6. The summed E-state index contributed by atoms with van der Waals surface area (Å²) in [7, 11) is 0. The summed E-state index contributed by atoms with van der Waals surface area (Å²) in [4.78, 5) is 16.2. The first-order valence-electron chi connectivity index (χ1n) is 36.5. The molecule has 0 unspecified atom stereocenters. The Kier molecular flexibility index (Phi) is 15.7. The van der Waals surface area contributed by atoms with Crippen LogP contribution in [0.25, 0.3) is 143 Å². The third kappa shape index (κ3) is 10.8. The molecule has 0 bridgehead atoms. The second kappa shape index (κ2) is 26.3. The maximum absolute atomic E-state index is 5.46. The van der Waals surface area contributed by atoms with Crippen molar-refractivity contribution in [2.45, 2.75) is 24.7 Å². The van der Waals surface area contributed by atoms with Crippen LogP contribution >= 0.6 is 0 Å². The average molecular weight is 1350 g/mol. The predicted octanol–water partition coefficient (Wildman–Crippen LogP) is 25.7. The lowest BCUT2D eigenvalue weighted by atomic mass is 9.71.